The van der Waals surface area contributed by atoms with Crippen molar-refractivity contribution in [2.75, 3.05) is 0 Å². The summed E-state index contributed by atoms with van der Waals surface area (Å²) >= 11 is 0. The van der Waals surface area contributed by atoms with Crippen LogP contribution >= 0.6 is 0 Å². The van der Waals surface area contributed by atoms with Crippen molar-refractivity contribution in [3.05, 3.63) is 70.8 Å². The van der Waals surface area contributed by atoms with Crippen LogP contribution in [0.4, 0.5) is 4.39 Å². The van der Waals surface area contributed by atoms with E-state index in [0.29, 0.717) is 10.9 Å². The molecular formula is C22H19FN2. The molecule has 2 aromatic heterocycles. The second-order valence-corrected chi connectivity index (χ2v) is 6.64. The summed E-state index contributed by atoms with van der Waals surface area (Å²) in [6.07, 6.45) is 1.83. The van der Waals surface area contributed by atoms with Crippen LogP contribution in [0, 0.1) is 33.5 Å². The number of hydrogen-bond acceptors (Lipinski definition) is 2. The first-order valence-corrected chi connectivity index (χ1v) is 8.39. The minimum absolute atomic E-state index is 0.145. The van der Waals surface area contributed by atoms with Crippen molar-refractivity contribution in [1.29, 1.82) is 0 Å². The van der Waals surface area contributed by atoms with Crippen molar-refractivity contribution in [2.45, 2.75) is 27.7 Å². The van der Waals surface area contributed by atoms with Crippen LogP contribution in [0.2, 0.25) is 0 Å². The van der Waals surface area contributed by atoms with Crippen LogP contribution in [-0.4, -0.2) is 9.97 Å². The van der Waals surface area contributed by atoms with E-state index in [1.54, 1.807) is 0 Å². The van der Waals surface area contributed by atoms with Gasteiger partial charge in [-0.3, -0.25) is 9.97 Å². The molecule has 0 saturated carbocycles. The van der Waals surface area contributed by atoms with Gasteiger partial charge in [0.05, 0.1) is 11.2 Å². The SMILES string of the molecule is Cc1cc2c(-c3cnc4ccccc4c3)nc(C)c(C)c2c(F)c1C. The molecule has 0 aliphatic rings. The van der Waals surface area contributed by atoms with Gasteiger partial charge in [-0.05, 0) is 62.6 Å². The number of benzene rings is 2. The molecule has 4 aromatic rings. The number of fused-ring (bicyclic) bond motifs is 2. The normalized spacial score (nSPS) is 11.4. The molecule has 124 valence electrons. The number of pyridine rings is 2. The average molecular weight is 330 g/mol. The maximum Gasteiger partial charge on any atom is 0.134 e. The first-order chi connectivity index (χ1) is 12.0. The number of rotatable bonds is 1. The van der Waals surface area contributed by atoms with E-state index in [1.807, 2.05) is 64.2 Å². The number of hydrogen-bond donors (Lipinski definition) is 0. The zero-order valence-corrected chi connectivity index (χ0v) is 14.8. The predicted molar refractivity (Wildman–Crippen MR) is 101 cm³/mol. The number of aryl methyl sites for hydroxylation is 3. The van der Waals surface area contributed by atoms with Crippen molar-refractivity contribution in [3.8, 4) is 11.3 Å². The highest BCUT2D eigenvalue weighted by atomic mass is 19.1. The van der Waals surface area contributed by atoms with E-state index in [9.17, 15) is 0 Å². The van der Waals surface area contributed by atoms with Crippen LogP contribution in [0.3, 0.4) is 0 Å². The van der Waals surface area contributed by atoms with Crippen molar-refractivity contribution in [1.82, 2.24) is 9.97 Å². The Balaban J connectivity index is 2.11. The third kappa shape index (κ3) is 2.39. The van der Waals surface area contributed by atoms with Crippen LogP contribution in [-0.2, 0) is 0 Å². The van der Waals surface area contributed by atoms with Crippen molar-refractivity contribution < 1.29 is 4.39 Å². The monoisotopic (exact) mass is 330 g/mol. The summed E-state index contributed by atoms with van der Waals surface area (Å²) in [7, 11) is 0. The van der Waals surface area contributed by atoms with Crippen LogP contribution in [0.25, 0.3) is 32.9 Å². The lowest BCUT2D eigenvalue weighted by atomic mass is 9.95. The van der Waals surface area contributed by atoms with Gasteiger partial charge in [-0.1, -0.05) is 18.2 Å². The van der Waals surface area contributed by atoms with Gasteiger partial charge >= 0.3 is 0 Å². The summed E-state index contributed by atoms with van der Waals surface area (Å²) in [5.41, 5.74) is 6.02. The Morgan fingerprint density at radius 2 is 1.68 bits per heavy atom. The summed E-state index contributed by atoms with van der Waals surface area (Å²) in [6, 6.07) is 12.1. The summed E-state index contributed by atoms with van der Waals surface area (Å²) in [5.74, 6) is -0.145. The van der Waals surface area contributed by atoms with Crippen LogP contribution < -0.4 is 0 Å². The zero-order valence-electron chi connectivity index (χ0n) is 14.8. The van der Waals surface area contributed by atoms with Gasteiger partial charge < -0.3 is 0 Å². The smallest absolute Gasteiger partial charge is 0.134 e. The van der Waals surface area contributed by atoms with Crippen LogP contribution in [0.15, 0.2) is 42.6 Å². The maximum atomic E-state index is 15.0. The molecule has 0 spiro atoms. The van der Waals surface area contributed by atoms with Crippen LogP contribution in [0.1, 0.15) is 22.4 Å². The largest absolute Gasteiger partial charge is 0.256 e. The Bertz CT molecular complexity index is 1150. The molecule has 0 amide bonds. The number of aromatic nitrogens is 2. The summed E-state index contributed by atoms with van der Waals surface area (Å²) < 4.78 is 15.0. The highest BCUT2D eigenvalue weighted by Crippen LogP contribution is 2.35. The lowest BCUT2D eigenvalue weighted by molar-refractivity contribution is 0.628. The van der Waals surface area contributed by atoms with E-state index >= 15 is 4.39 Å². The summed E-state index contributed by atoms with van der Waals surface area (Å²) in [6.45, 7) is 7.64. The van der Waals surface area contributed by atoms with Gasteiger partial charge in [0.15, 0.2) is 0 Å². The molecule has 2 aromatic carbocycles. The highest BCUT2D eigenvalue weighted by Gasteiger charge is 2.17. The molecule has 0 N–H and O–H groups in total. The molecule has 0 aliphatic heterocycles. The number of para-hydroxylation sites is 1. The molecule has 0 atom stereocenters. The van der Waals surface area contributed by atoms with E-state index in [4.69, 9.17) is 4.98 Å². The summed E-state index contributed by atoms with van der Waals surface area (Å²) in [5, 5.41) is 2.57. The molecule has 0 saturated heterocycles. The average Bonchev–Trinajstić information content (AvgIpc) is 2.62. The molecule has 25 heavy (non-hydrogen) atoms. The Labute approximate surface area is 146 Å². The van der Waals surface area contributed by atoms with Gasteiger partial charge in [-0.15, -0.1) is 0 Å². The fourth-order valence-electron chi connectivity index (χ4n) is 3.34. The fourth-order valence-corrected chi connectivity index (χ4v) is 3.34. The second kappa shape index (κ2) is 5.62. The first-order valence-electron chi connectivity index (χ1n) is 8.39. The first kappa shape index (κ1) is 15.7. The van der Waals surface area contributed by atoms with Crippen molar-refractivity contribution >= 4 is 21.7 Å². The van der Waals surface area contributed by atoms with Crippen molar-refractivity contribution in [2.24, 2.45) is 0 Å². The molecule has 0 unspecified atom stereocenters. The quantitative estimate of drug-likeness (QED) is 0.439. The standard InChI is InChI=1S/C22H19FN2/c1-12-9-18-20(21(23)13(12)2)14(3)15(4)25-22(18)17-10-16-7-5-6-8-19(16)24-11-17/h5-11H,1-4H3. The molecule has 2 nitrogen and oxygen atoms in total. The minimum Gasteiger partial charge on any atom is -0.256 e. The number of halogens is 1. The molecular weight excluding hydrogens is 311 g/mol. The van der Waals surface area contributed by atoms with Gasteiger partial charge in [0.2, 0.25) is 0 Å². The van der Waals surface area contributed by atoms with E-state index in [2.05, 4.69) is 11.1 Å². The Kier molecular flexibility index (Phi) is 3.53. The van der Waals surface area contributed by atoms with Gasteiger partial charge in [-0.2, -0.15) is 0 Å². The molecule has 2 heterocycles. The highest BCUT2D eigenvalue weighted by molar-refractivity contribution is 5.99. The Hall–Kier alpha value is -2.81. The molecule has 3 heteroatoms. The number of nitrogens with zero attached hydrogens (tertiary/aromatic N) is 2. The van der Waals surface area contributed by atoms with Crippen LogP contribution in [0.5, 0.6) is 0 Å². The summed E-state index contributed by atoms with van der Waals surface area (Å²) in [4.78, 5) is 9.33. The van der Waals surface area contributed by atoms with E-state index < -0.39 is 0 Å². The second-order valence-electron chi connectivity index (χ2n) is 6.64. The lowest BCUT2D eigenvalue weighted by Gasteiger charge is -2.15. The Morgan fingerprint density at radius 3 is 2.48 bits per heavy atom. The van der Waals surface area contributed by atoms with E-state index in [-0.39, 0.29) is 5.82 Å². The van der Waals surface area contributed by atoms with Crippen molar-refractivity contribution in [3.63, 3.8) is 0 Å². The van der Waals surface area contributed by atoms with Gasteiger partial charge in [0.1, 0.15) is 5.82 Å². The van der Waals surface area contributed by atoms with Gasteiger partial charge in [0.25, 0.3) is 0 Å². The molecule has 0 fully saturated rings. The van der Waals surface area contributed by atoms with E-state index in [1.165, 1.54) is 0 Å². The molecule has 4 rings (SSSR count). The third-order valence-electron chi connectivity index (χ3n) is 5.09. The lowest BCUT2D eigenvalue weighted by Crippen LogP contribution is -2.00. The van der Waals surface area contributed by atoms with E-state index in [0.717, 1.165) is 44.4 Å². The van der Waals surface area contributed by atoms with Gasteiger partial charge in [0, 0.05) is 33.6 Å². The third-order valence-corrected chi connectivity index (χ3v) is 5.09. The maximum absolute atomic E-state index is 15.0. The molecule has 0 radical (unpaired) electrons. The minimum atomic E-state index is -0.145. The molecule has 0 aliphatic carbocycles. The fraction of sp³-hybridized carbons (Fsp3) is 0.182. The zero-order chi connectivity index (χ0) is 17.7. The Morgan fingerprint density at radius 1 is 0.920 bits per heavy atom. The topological polar surface area (TPSA) is 25.8 Å². The van der Waals surface area contributed by atoms with Gasteiger partial charge in [-0.25, -0.2) is 4.39 Å². The molecule has 0 bridgehead atoms. The predicted octanol–water partition coefficient (Wildman–Crippen LogP) is 5.82.